The van der Waals surface area contributed by atoms with Gasteiger partial charge in [-0.15, -0.1) is 0 Å². The van der Waals surface area contributed by atoms with Gasteiger partial charge in [0.05, 0.1) is 10.2 Å². The van der Waals surface area contributed by atoms with E-state index < -0.39 is 26.6 Å². The fourth-order valence-corrected chi connectivity index (χ4v) is 3.17. The van der Waals surface area contributed by atoms with Crippen LogP contribution < -0.4 is 10.5 Å². The molecule has 0 aliphatic carbocycles. The van der Waals surface area contributed by atoms with Crippen molar-refractivity contribution in [1.29, 1.82) is 0 Å². The number of nitrogens with two attached hydrogens (primary N) is 1. The van der Waals surface area contributed by atoms with E-state index in [9.17, 15) is 17.2 Å². The normalized spacial score (nSPS) is 11.3. The van der Waals surface area contributed by atoms with Gasteiger partial charge >= 0.3 is 0 Å². The number of aromatic nitrogens is 1. The van der Waals surface area contributed by atoms with Gasteiger partial charge in [0.15, 0.2) is 4.90 Å². The van der Waals surface area contributed by atoms with Crippen LogP contribution in [0.1, 0.15) is 0 Å². The second kappa shape index (κ2) is 5.33. The summed E-state index contributed by atoms with van der Waals surface area (Å²) in [5.74, 6) is -2.53. The van der Waals surface area contributed by atoms with Crippen LogP contribution in [0.4, 0.5) is 20.2 Å². The summed E-state index contributed by atoms with van der Waals surface area (Å²) in [6.45, 7) is 0. The third-order valence-electron chi connectivity index (χ3n) is 2.31. The van der Waals surface area contributed by atoms with E-state index in [4.69, 9.17) is 5.73 Å². The van der Waals surface area contributed by atoms with E-state index in [1.165, 1.54) is 18.5 Å². The van der Waals surface area contributed by atoms with Crippen molar-refractivity contribution in [2.45, 2.75) is 4.90 Å². The smallest absolute Gasteiger partial charge is 0.267 e. The van der Waals surface area contributed by atoms with Crippen LogP contribution in [0.15, 0.2) is 40.0 Å². The number of sulfonamides is 1. The van der Waals surface area contributed by atoms with Crippen molar-refractivity contribution in [2.75, 3.05) is 10.5 Å². The van der Waals surface area contributed by atoms with Gasteiger partial charge in [0.2, 0.25) is 0 Å². The molecule has 1 heterocycles. The molecule has 0 saturated heterocycles. The molecule has 0 amide bonds. The molecule has 9 heteroatoms. The van der Waals surface area contributed by atoms with Crippen LogP contribution in [0.2, 0.25) is 0 Å². The van der Waals surface area contributed by atoms with Crippen molar-refractivity contribution in [3.05, 3.63) is 46.7 Å². The van der Waals surface area contributed by atoms with Gasteiger partial charge in [-0.3, -0.25) is 9.71 Å². The van der Waals surface area contributed by atoms with E-state index in [0.29, 0.717) is 4.47 Å². The third-order valence-corrected chi connectivity index (χ3v) is 4.35. The van der Waals surface area contributed by atoms with E-state index >= 15 is 0 Å². The molecule has 0 spiro atoms. The molecule has 1 aromatic carbocycles. The zero-order valence-corrected chi connectivity index (χ0v) is 12.2. The van der Waals surface area contributed by atoms with Crippen LogP contribution in [0, 0.1) is 11.6 Å². The molecule has 0 atom stereocenters. The highest BCUT2D eigenvalue weighted by atomic mass is 79.9. The number of rotatable bonds is 3. The lowest BCUT2D eigenvalue weighted by Gasteiger charge is -2.11. The molecule has 0 radical (unpaired) electrons. The number of nitrogens with one attached hydrogen (secondary N) is 1. The molecule has 0 bridgehead atoms. The number of hydrogen-bond donors (Lipinski definition) is 2. The predicted molar refractivity (Wildman–Crippen MR) is 73.5 cm³/mol. The first-order valence-electron chi connectivity index (χ1n) is 5.18. The lowest BCUT2D eigenvalue weighted by atomic mass is 10.3. The average molecular weight is 364 g/mol. The minimum atomic E-state index is -4.43. The molecule has 2 rings (SSSR count). The molecule has 106 valence electrons. The summed E-state index contributed by atoms with van der Waals surface area (Å²) in [6.07, 6.45) is 2.67. The topological polar surface area (TPSA) is 85.1 Å². The van der Waals surface area contributed by atoms with Gasteiger partial charge in [0.1, 0.15) is 11.6 Å². The number of hydrogen-bond acceptors (Lipinski definition) is 4. The largest absolute Gasteiger partial charge is 0.399 e. The SMILES string of the molecule is Nc1cc(F)c(S(=O)(=O)Nc2ccncc2Br)c(F)c1. The van der Waals surface area contributed by atoms with Crippen molar-refractivity contribution in [1.82, 2.24) is 4.98 Å². The molecule has 0 unspecified atom stereocenters. The second-order valence-electron chi connectivity index (χ2n) is 3.77. The average Bonchev–Trinajstić information content (AvgIpc) is 2.30. The summed E-state index contributed by atoms with van der Waals surface area (Å²) < 4.78 is 53.8. The van der Waals surface area contributed by atoms with Crippen molar-refractivity contribution in [2.24, 2.45) is 0 Å². The number of halogens is 3. The quantitative estimate of drug-likeness (QED) is 0.820. The molecule has 0 aliphatic rings. The van der Waals surface area contributed by atoms with Crippen LogP contribution in [0.3, 0.4) is 0 Å². The Morgan fingerprint density at radius 1 is 1.25 bits per heavy atom. The highest BCUT2D eigenvalue weighted by Gasteiger charge is 2.25. The number of anilines is 2. The first-order chi connectivity index (χ1) is 9.31. The molecule has 2 aromatic rings. The Hall–Kier alpha value is -1.74. The summed E-state index contributed by atoms with van der Waals surface area (Å²) in [6, 6.07) is 2.81. The highest BCUT2D eigenvalue weighted by molar-refractivity contribution is 9.10. The van der Waals surface area contributed by atoms with Gasteiger partial charge in [-0.2, -0.15) is 0 Å². The first-order valence-corrected chi connectivity index (χ1v) is 7.46. The molecular formula is C11H8BrF2N3O2S. The Morgan fingerprint density at radius 3 is 2.40 bits per heavy atom. The van der Waals surface area contributed by atoms with E-state index in [0.717, 1.165) is 12.1 Å². The summed E-state index contributed by atoms with van der Waals surface area (Å²) in [4.78, 5) is 2.66. The van der Waals surface area contributed by atoms with E-state index in [-0.39, 0.29) is 11.4 Å². The van der Waals surface area contributed by atoms with E-state index in [2.05, 4.69) is 25.6 Å². The molecule has 5 nitrogen and oxygen atoms in total. The van der Waals surface area contributed by atoms with Crippen LogP contribution >= 0.6 is 15.9 Å². The van der Waals surface area contributed by atoms with Crippen LogP contribution in [0.5, 0.6) is 0 Å². The third kappa shape index (κ3) is 2.88. The van der Waals surface area contributed by atoms with Crippen molar-refractivity contribution >= 4 is 37.3 Å². The maximum absolute atomic E-state index is 13.6. The number of nitrogens with zero attached hydrogens (tertiary/aromatic N) is 1. The minimum absolute atomic E-state index is 0.107. The maximum Gasteiger partial charge on any atom is 0.267 e. The second-order valence-corrected chi connectivity index (χ2v) is 6.25. The molecule has 3 N–H and O–H groups in total. The highest BCUT2D eigenvalue weighted by Crippen LogP contribution is 2.27. The number of benzene rings is 1. The predicted octanol–water partition coefficient (Wildman–Crippen LogP) is 2.51. The first kappa shape index (κ1) is 14.7. The van der Waals surface area contributed by atoms with Gasteiger partial charge in [0.25, 0.3) is 10.0 Å². The van der Waals surface area contributed by atoms with Gasteiger partial charge in [-0.25, -0.2) is 17.2 Å². The Balaban J connectivity index is 2.50. The van der Waals surface area contributed by atoms with Gasteiger partial charge in [-0.1, -0.05) is 0 Å². The minimum Gasteiger partial charge on any atom is -0.399 e. The monoisotopic (exact) mass is 363 g/mol. The van der Waals surface area contributed by atoms with E-state index in [1.54, 1.807) is 0 Å². The standard InChI is InChI=1S/C11H8BrF2N3O2S/c12-7-5-16-2-1-10(7)17-20(18,19)11-8(13)3-6(15)4-9(11)14/h1-5H,15H2,(H,16,17). The molecule has 1 aromatic heterocycles. The van der Waals surface area contributed by atoms with Gasteiger partial charge in [-0.05, 0) is 34.1 Å². The number of nitrogen functional groups attached to an aromatic ring is 1. The van der Waals surface area contributed by atoms with Crippen LogP contribution in [-0.2, 0) is 10.0 Å². The molecule has 0 saturated carbocycles. The lowest BCUT2D eigenvalue weighted by molar-refractivity contribution is 0.522. The Kier molecular flexibility index (Phi) is 3.91. The Morgan fingerprint density at radius 2 is 1.85 bits per heavy atom. The van der Waals surface area contributed by atoms with Gasteiger partial charge in [0, 0.05) is 18.1 Å². The van der Waals surface area contributed by atoms with Crippen molar-refractivity contribution in [3.8, 4) is 0 Å². The summed E-state index contributed by atoms with van der Waals surface area (Å²) >= 11 is 3.07. The van der Waals surface area contributed by atoms with Crippen molar-refractivity contribution in [3.63, 3.8) is 0 Å². The van der Waals surface area contributed by atoms with Crippen LogP contribution in [0.25, 0.3) is 0 Å². The zero-order valence-electron chi connectivity index (χ0n) is 9.77. The van der Waals surface area contributed by atoms with E-state index in [1.807, 2.05) is 0 Å². The zero-order chi connectivity index (χ0) is 14.9. The van der Waals surface area contributed by atoms with Crippen LogP contribution in [-0.4, -0.2) is 13.4 Å². The molecular weight excluding hydrogens is 356 g/mol. The van der Waals surface area contributed by atoms with Gasteiger partial charge < -0.3 is 5.73 Å². The maximum atomic E-state index is 13.6. The molecule has 20 heavy (non-hydrogen) atoms. The van der Waals surface area contributed by atoms with Crippen molar-refractivity contribution < 1.29 is 17.2 Å². The molecule has 0 aliphatic heterocycles. The Labute approximate surface area is 122 Å². The summed E-state index contributed by atoms with van der Waals surface area (Å²) in [7, 11) is -4.43. The molecule has 0 fully saturated rings. The Bertz CT molecular complexity index is 745. The lowest BCUT2D eigenvalue weighted by Crippen LogP contribution is -2.17. The number of pyridine rings is 1. The fraction of sp³-hybridized carbons (Fsp3) is 0. The summed E-state index contributed by atoms with van der Waals surface area (Å²) in [5, 5.41) is 0. The fourth-order valence-electron chi connectivity index (χ4n) is 1.49. The summed E-state index contributed by atoms with van der Waals surface area (Å²) in [5.41, 5.74) is 5.14.